The summed E-state index contributed by atoms with van der Waals surface area (Å²) in [6.45, 7) is 6.72. The molecule has 2 amide bonds. The number of thiazole rings is 1. The molecule has 168 valence electrons. The van der Waals surface area contributed by atoms with Crippen molar-refractivity contribution < 1.29 is 14.7 Å². The zero-order chi connectivity index (χ0) is 21.3. The van der Waals surface area contributed by atoms with Crippen molar-refractivity contribution in [2.24, 2.45) is 0 Å². The van der Waals surface area contributed by atoms with Gasteiger partial charge in [-0.05, 0) is 63.0 Å². The molecule has 31 heavy (non-hydrogen) atoms. The number of nitrogens with zero attached hydrogens (tertiary/aromatic N) is 3. The number of rotatable bonds is 4. The van der Waals surface area contributed by atoms with Crippen LogP contribution in [0.5, 0.6) is 0 Å². The van der Waals surface area contributed by atoms with Gasteiger partial charge in [-0.25, -0.2) is 9.78 Å². The van der Waals surface area contributed by atoms with E-state index in [2.05, 4.69) is 15.2 Å². The fourth-order valence-corrected chi connectivity index (χ4v) is 5.57. The molecule has 2 aromatic rings. The predicted molar refractivity (Wildman–Crippen MR) is 125 cm³/mol. The lowest BCUT2D eigenvalue weighted by atomic mass is 9.90. The van der Waals surface area contributed by atoms with Crippen LogP contribution in [-0.4, -0.2) is 46.1 Å². The van der Waals surface area contributed by atoms with Gasteiger partial charge < -0.3 is 15.3 Å². The molecule has 0 spiro atoms. The number of hydrogen-bond donors (Lipinski definition) is 2. The smallest absolute Gasteiger partial charge is 0.405 e. The summed E-state index contributed by atoms with van der Waals surface area (Å²) in [6, 6.07) is 5.46. The van der Waals surface area contributed by atoms with Crippen LogP contribution in [0.25, 0.3) is 10.6 Å². The Kier molecular flexibility index (Phi) is 7.56. The Hall–Kier alpha value is -2.16. The van der Waals surface area contributed by atoms with Crippen LogP contribution in [0.1, 0.15) is 56.0 Å². The molecule has 2 atom stereocenters. The average molecular weight is 465 g/mol. The first-order chi connectivity index (χ1) is 14.4. The average Bonchev–Trinajstić information content (AvgIpc) is 3.16. The lowest BCUT2D eigenvalue weighted by Gasteiger charge is -2.39. The van der Waals surface area contributed by atoms with Gasteiger partial charge in [-0.2, -0.15) is 0 Å². The van der Waals surface area contributed by atoms with E-state index < -0.39 is 6.09 Å². The van der Waals surface area contributed by atoms with Gasteiger partial charge in [0.1, 0.15) is 5.01 Å². The molecule has 0 aliphatic carbocycles. The Morgan fingerprint density at radius 3 is 2.68 bits per heavy atom. The Morgan fingerprint density at radius 1 is 1.26 bits per heavy atom. The second-order valence-corrected chi connectivity index (χ2v) is 9.33. The van der Waals surface area contributed by atoms with E-state index in [0.717, 1.165) is 41.5 Å². The number of amides is 2. The summed E-state index contributed by atoms with van der Waals surface area (Å²) in [7, 11) is 0. The molecule has 2 unspecified atom stereocenters. The molecule has 1 fully saturated rings. The zero-order valence-corrected chi connectivity index (χ0v) is 19.5. The molecule has 2 aliphatic rings. The highest BCUT2D eigenvalue weighted by Gasteiger charge is 2.33. The summed E-state index contributed by atoms with van der Waals surface area (Å²) in [5.74, 6) is -0.0386. The van der Waals surface area contributed by atoms with Crippen LogP contribution in [0.3, 0.4) is 0 Å². The molecular formula is C22H29ClN4O3S. The van der Waals surface area contributed by atoms with Gasteiger partial charge in [0.05, 0.1) is 6.04 Å². The van der Waals surface area contributed by atoms with E-state index in [-0.39, 0.29) is 30.4 Å². The largest absolute Gasteiger partial charge is 0.465 e. The quantitative estimate of drug-likeness (QED) is 0.686. The van der Waals surface area contributed by atoms with Crippen LogP contribution in [-0.2, 0) is 11.3 Å². The van der Waals surface area contributed by atoms with Crippen molar-refractivity contribution in [3.8, 4) is 10.6 Å². The summed E-state index contributed by atoms with van der Waals surface area (Å²) < 4.78 is 0. The van der Waals surface area contributed by atoms with Gasteiger partial charge in [-0.15, -0.1) is 23.7 Å². The number of carboxylic acid groups (broad SMARTS) is 1. The number of likely N-dealkylation sites (tertiary alicyclic amines) is 1. The fraction of sp³-hybridized carbons (Fsp3) is 0.500. The van der Waals surface area contributed by atoms with Crippen LogP contribution in [0.15, 0.2) is 24.4 Å². The van der Waals surface area contributed by atoms with Gasteiger partial charge in [-0.1, -0.05) is 6.42 Å². The van der Waals surface area contributed by atoms with Crippen LogP contribution < -0.4 is 10.2 Å². The molecule has 9 heteroatoms. The van der Waals surface area contributed by atoms with Crippen molar-refractivity contribution >= 4 is 41.4 Å². The zero-order valence-electron chi connectivity index (χ0n) is 17.8. The molecule has 2 aliphatic heterocycles. The molecule has 1 aromatic heterocycles. The van der Waals surface area contributed by atoms with E-state index in [1.165, 1.54) is 24.1 Å². The van der Waals surface area contributed by atoms with Crippen LogP contribution >= 0.6 is 23.7 Å². The molecule has 1 aromatic carbocycles. The van der Waals surface area contributed by atoms with Crippen molar-refractivity contribution in [3.63, 3.8) is 0 Å². The summed E-state index contributed by atoms with van der Waals surface area (Å²) in [5, 5.41) is 12.8. The number of halogens is 1. The van der Waals surface area contributed by atoms with Crippen molar-refractivity contribution in [1.29, 1.82) is 0 Å². The fourth-order valence-electron chi connectivity index (χ4n) is 4.61. The SMILES string of the molecule is CC(=O)N1c2ccc(-c3ncc(CN4CCCCC4)s3)cc2C(NC(=O)O)CC1C.Cl. The van der Waals surface area contributed by atoms with Crippen LogP contribution in [0.2, 0.25) is 0 Å². The van der Waals surface area contributed by atoms with E-state index in [1.807, 2.05) is 31.3 Å². The van der Waals surface area contributed by atoms with Gasteiger partial charge in [0.25, 0.3) is 0 Å². The molecule has 0 radical (unpaired) electrons. The van der Waals surface area contributed by atoms with E-state index in [0.29, 0.717) is 6.42 Å². The minimum Gasteiger partial charge on any atom is -0.465 e. The Labute approximate surface area is 192 Å². The number of carbonyl (C=O) groups is 2. The molecule has 0 saturated carbocycles. The number of nitrogens with one attached hydrogen (secondary N) is 1. The topological polar surface area (TPSA) is 85.8 Å². The third-order valence-electron chi connectivity index (χ3n) is 5.95. The molecule has 2 N–H and O–H groups in total. The first-order valence-electron chi connectivity index (χ1n) is 10.5. The normalized spacial score (nSPS) is 21.2. The van der Waals surface area contributed by atoms with Crippen molar-refractivity contribution in [2.45, 2.75) is 58.2 Å². The van der Waals surface area contributed by atoms with Gasteiger partial charge in [0.2, 0.25) is 5.91 Å². The maximum atomic E-state index is 12.2. The number of fused-ring (bicyclic) bond motifs is 1. The Balaban J connectivity index is 0.00000272. The predicted octanol–water partition coefficient (Wildman–Crippen LogP) is 4.67. The van der Waals surface area contributed by atoms with E-state index >= 15 is 0 Å². The minimum atomic E-state index is -1.06. The van der Waals surface area contributed by atoms with Crippen LogP contribution in [0.4, 0.5) is 10.5 Å². The lowest BCUT2D eigenvalue weighted by Crippen LogP contribution is -2.45. The molecular weight excluding hydrogens is 436 g/mol. The first-order valence-corrected chi connectivity index (χ1v) is 11.3. The summed E-state index contributed by atoms with van der Waals surface area (Å²) >= 11 is 1.68. The van der Waals surface area contributed by atoms with Gasteiger partial charge in [-0.3, -0.25) is 9.69 Å². The second-order valence-electron chi connectivity index (χ2n) is 8.22. The third kappa shape index (κ3) is 5.19. The molecule has 0 bridgehead atoms. The lowest BCUT2D eigenvalue weighted by molar-refractivity contribution is -0.117. The highest BCUT2D eigenvalue weighted by Crippen LogP contribution is 2.40. The summed E-state index contributed by atoms with van der Waals surface area (Å²) in [4.78, 5) is 33.7. The Bertz CT molecular complexity index is 945. The Morgan fingerprint density at radius 2 is 2.00 bits per heavy atom. The second kappa shape index (κ2) is 9.97. The molecule has 1 saturated heterocycles. The number of piperidine rings is 1. The van der Waals surface area contributed by atoms with E-state index in [4.69, 9.17) is 0 Å². The number of anilines is 1. The number of hydrogen-bond acceptors (Lipinski definition) is 5. The summed E-state index contributed by atoms with van der Waals surface area (Å²) in [6.07, 6.45) is 5.28. The van der Waals surface area contributed by atoms with Gasteiger partial charge in [0.15, 0.2) is 0 Å². The van der Waals surface area contributed by atoms with Crippen molar-refractivity contribution in [1.82, 2.24) is 15.2 Å². The molecule has 4 rings (SSSR count). The van der Waals surface area contributed by atoms with Gasteiger partial charge in [0, 0.05) is 41.8 Å². The van der Waals surface area contributed by atoms with E-state index in [1.54, 1.807) is 23.2 Å². The molecule has 3 heterocycles. The van der Waals surface area contributed by atoms with Crippen LogP contribution in [0, 0.1) is 0 Å². The number of carbonyl (C=O) groups excluding carboxylic acids is 1. The highest BCUT2D eigenvalue weighted by molar-refractivity contribution is 7.15. The third-order valence-corrected chi connectivity index (χ3v) is 6.98. The van der Waals surface area contributed by atoms with Crippen molar-refractivity contribution in [2.75, 3.05) is 18.0 Å². The maximum absolute atomic E-state index is 12.2. The molecule has 7 nitrogen and oxygen atoms in total. The van der Waals surface area contributed by atoms with Gasteiger partial charge >= 0.3 is 6.09 Å². The number of benzene rings is 1. The van der Waals surface area contributed by atoms with E-state index in [9.17, 15) is 14.7 Å². The monoisotopic (exact) mass is 464 g/mol. The van der Waals surface area contributed by atoms with Crippen molar-refractivity contribution in [3.05, 3.63) is 34.8 Å². The first kappa shape index (κ1) is 23.5. The minimum absolute atomic E-state index is 0. The maximum Gasteiger partial charge on any atom is 0.405 e. The standard InChI is InChI=1S/C22H28N4O3S.ClH/c1-14-10-19(24-22(28)29)18-11-16(6-7-20(18)26(14)15(2)27)21-23-12-17(30-21)13-25-8-4-3-5-9-25;/h6-7,11-12,14,19,24H,3-5,8-10,13H2,1-2H3,(H,28,29);1H. The highest BCUT2D eigenvalue weighted by atomic mass is 35.5. The number of aromatic nitrogens is 1. The summed E-state index contributed by atoms with van der Waals surface area (Å²) in [5.41, 5.74) is 2.56.